The van der Waals surface area contributed by atoms with Gasteiger partial charge in [0.25, 0.3) is 0 Å². The lowest BCUT2D eigenvalue weighted by Crippen LogP contribution is -2.11. The van der Waals surface area contributed by atoms with Gasteiger partial charge in [-0.2, -0.15) is 0 Å². The van der Waals surface area contributed by atoms with Crippen molar-refractivity contribution in [2.24, 2.45) is 5.14 Å². The van der Waals surface area contributed by atoms with Crippen LogP contribution in [-0.2, 0) is 16.4 Å². The van der Waals surface area contributed by atoms with Crippen LogP contribution in [0.4, 0.5) is 4.39 Å². The average molecular weight is 376 g/mol. The maximum atomic E-state index is 14.1. The van der Waals surface area contributed by atoms with E-state index in [2.05, 4.69) is 5.16 Å². The van der Waals surface area contributed by atoms with Crippen molar-refractivity contribution in [1.82, 2.24) is 5.16 Å². The molecule has 0 spiro atoms. The molecular formula is C18H17FN2O4S. The Morgan fingerprint density at radius 3 is 2.35 bits per heavy atom. The molecule has 0 unspecified atom stereocenters. The van der Waals surface area contributed by atoms with Crippen molar-refractivity contribution in [2.75, 3.05) is 7.11 Å². The monoisotopic (exact) mass is 376 g/mol. The third kappa shape index (κ3) is 3.33. The first-order valence-corrected chi connectivity index (χ1v) is 9.35. The topological polar surface area (TPSA) is 95.4 Å². The molecule has 0 radical (unpaired) electrons. The summed E-state index contributed by atoms with van der Waals surface area (Å²) in [6.07, 6.45) is 0.592. The molecule has 2 aromatic carbocycles. The van der Waals surface area contributed by atoms with Gasteiger partial charge < -0.3 is 9.26 Å². The van der Waals surface area contributed by atoms with Gasteiger partial charge in [-0.25, -0.2) is 17.9 Å². The molecular weight excluding hydrogens is 359 g/mol. The summed E-state index contributed by atoms with van der Waals surface area (Å²) >= 11 is 0. The fourth-order valence-corrected chi connectivity index (χ4v) is 3.19. The number of nitrogens with two attached hydrogens (primary N) is 1. The highest BCUT2D eigenvalue weighted by Crippen LogP contribution is 2.37. The van der Waals surface area contributed by atoms with Gasteiger partial charge in [-0.15, -0.1) is 0 Å². The Hall–Kier alpha value is -2.71. The molecule has 0 fully saturated rings. The van der Waals surface area contributed by atoms with Crippen LogP contribution < -0.4 is 9.88 Å². The van der Waals surface area contributed by atoms with Crippen LogP contribution in [0.25, 0.3) is 22.5 Å². The van der Waals surface area contributed by atoms with Crippen LogP contribution in [0.3, 0.4) is 0 Å². The van der Waals surface area contributed by atoms with E-state index in [1.807, 2.05) is 6.92 Å². The summed E-state index contributed by atoms with van der Waals surface area (Å²) in [5.41, 5.74) is 2.56. The smallest absolute Gasteiger partial charge is 0.238 e. The molecule has 3 aromatic rings. The second kappa shape index (κ2) is 6.89. The van der Waals surface area contributed by atoms with Gasteiger partial charge in [0.05, 0.1) is 23.3 Å². The molecule has 3 rings (SSSR count). The van der Waals surface area contributed by atoms with Crippen molar-refractivity contribution in [3.63, 3.8) is 0 Å². The number of halogens is 1. The number of hydrogen-bond acceptors (Lipinski definition) is 5. The molecule has 0 amide bonds. The molecule has 0 aliphatic carbocycles. The molecule has 2 N–H and O–H groups in total. The fourth-order valence-electron chi connectivity index (χ4n) is 2.68. The van der Waals surface area contributed by atoms with Crippen LogP contribution in [0, 0.1) is 5.82 Å². The third-order valence-corrected chi connectivity index (χ3v) is 4.91. The van der Waals surface area contributed by atoms with Crippen molar-refractivity contribution >= 4 is 10.0 Å². The van der Waals surface area contributed by atoms with Gasteiger partial charge in [-0.1, -0.05) is 24.2 Å². The molecule has 1 aromatic heterocycles. The van der Waals surface area contributed by atoms with Crippen molar-refractivity contribution in [1.29, 1.82) is 0 Å². The molecule has 0 saturated heterocycles. The summed E-state index contributed by atoms with van der Waals surface area (Å²) in [6.45, 7) is 1.92. The Morgan fingerprint density at radius 1 is 1.15 bits per heavy atom. The van der Waals surface area contributed by atoms with E-state index in [9.17, 15) is 12.8 Å². The van der Waals surface area contributed by atoms with Gasteiger partial charge >= 0.3 is 0 Å². The molecule has 26 heavy (non-hydrogen) atoms. The Kier molecular flexibility index (Phi) is 4.80. The quantitative estimate of drug-likeness (QED) is 0.737. The van der Waals surface area contributed by atoms with E-state index in [1.165, 1.54) is 31.4 Å². The Bertz CT molecular complexity index is 1040. The summed E-state index contributed by atoms with van der Waals surface area (Å²) in [6, 6.07) is 10.5. The number of rotatable bonds is 5. The van der Waals surface area contributed by atoms with Gasteiger partial charge in [0.2, 0.25) is 10.0 Å². The number of benzene rings is 2. The first kappa shape index (κ1) is 18.1. The normalized spacial score (nSPS) is 11.5. The SMILES string of the molecule is CCc1noc(-c2ccc(OC)c(F)c2)c1-c1ccc(S(N)(=O)=O)cc1. The van der Waals surface area contributed by atoms with Crippen LogP contribution in [0.15, 0.2) is 51.9 Å². The lowest BCUT2D eigenvalue weighted by molar-refractivity contribution is 0.386. The number of aryl methyl sites for hydroxylation is 1. The first-order chi connectivity index (χ1) is 12.3. The molecule has 0 bridgehead atoms. The van der Waals surface area contributed by atoms with Crippen LogP contribution in [0.5, 0.6) is 5.75 Å². The van der Waals surface area contributed by atoms with E-state index in [-0.39, 0.29) is 10.6 Å². The Labute approximate surface area is 150 Å². The van der Waals surface area contributed by atoms with Gasteiger partial charge in [0, 0.05) is 5.56 Å². The molecule has 6 nitrogen and oxygen atoms in total. The summed E-state index contributed by atoms with van der Waals surface area (Å²) in [5.74, 6) is 0.00441. The minimum Gasteiger partial charge on any atom is -0.494 e. The van der Waals surface area contributed by atoms with E-state index in [0.29, 0.717) is 34.6 Å². The zero-order valence-electron chi connectivity index (χ0n) is 14.2. The molecule has 0 atom stereocenters. The van der Waals surface area contributed by atoms with Crippen molar-refractivity contribution in [2.45, 2.75) is 18.2 Å². The van der Waals surface area contributed by atoms with Gasteiger partial charge in [-0.05, 0) is 42.3 Å². The van der Waals surface area contributed by atoms with Crippen LogP contribution >= 0.6 is 0 Å². The van der Waals surface area contributed by atoms with Gasteiger partial charge in [0.1, 0.15) is 0 Å². The zero-order valence-corrected chi connectivity index (χ0v) is 15.0. The molecule has 0 aliphatic heterocycles. The van der Waals surface area contributed by atoms with Crippen molar-refractivity contribution < 1.29 is 22.1 Å². The van der Waals surface area contributed by atoms with E-state index < -0.39 is 15.8 Å². The molecule has 0 aliphatic rings. The van der Waals surface area contributed by atoms with Crippen LogP contribution in [0.1, 0.15) is 12.6 Å². The number of aromatic nitrogens is 1. The molecule has 136 valence electrons. The number of methoxy groups -OCH3 is 1. The maximum absolute atomic E-state index is 14.1. The molecule has 1 heterocycles. The van der Waals surface area contributed by atoms with Crippen molar-refractivity contribution in [3.8, 4) is 28.2 Å². The highest BCUT2D eigenvalue weighted by atomic mass is 32.2. The van der Waals surface area contributed by atoms with Gasteiger partial charge in [0.15, 0.2) is 17.3 Å². The fraction of sp³-hybridized carbons (Fsp3) is 0.167. The molecule has 0 saturated carbocycles. The Balaban J connectivity index is 2.13. The zero-order chi connectivity index (χ0) is 18.9. The van der Waals surface area contributed by atoms with Crippen LogP contribution in [-0.4, -0.2) is 20.7 Å². The number of hydrogen-bond donors (Lipinski definition) is 1. The predicted molar refractivity (Wildman–Crippen MR) is 94.6 cm³/mol. The minimum absolute atomic E-state index is 0.00722. The van der Waals surface area contributed by atoms with E-state index in [0.717, 1.165) is 0 Å². The second-order valence-electron chi connectivity index (χ2n) is 5.61. The van der Waals surface area contributed by atoms with Gasteiger partial charge in [-0.3, -0.25) is 0 Å². The Morgan fingerprint density at radius 2 is 1.81 bits per heavy atom. The predicted octanol–water partition coefficient (Wildman–Crippen LogP) is 3.37. The second-order valence-corrected chi connectivity index (χ2v) is 7.17. The standard InChI is InChI=1S/C18H17FN2O4S/c1-3-15-17(11-4-7-13(8-5-11)26(20,22)23)18(25-21-15)12-6-9-16(24-2)14(19)10-12/h4-10H,3H2,1-2H3,(H2,20,22,23). The highest BCUT2D eigenvalue weighted by Gasteiger charge is 2.20. The summed E-state index contributed by atoms with van der Waals surface area (Å²) in [7, 11) is -2.39. The lowest BCUT2D eigenvalue weighted by Gasteiger charge is -2.07. The average Bonchev–Trinajstić information content (AvgIpc) is 3.05. The summed E-state index contributed by atoms with van der Waals surface area (Å²) in [5, 5.41) is 9.19. The lowest BCUT2D eigenvalue weighted by atomic mass is 9.98. The number of sulfonamides is 1. The summed E-state index contributed by atoms with van der Waals surface area (Å²) < 4.78 is 47.3. The maximum Gasteiger partial charge on any atom is 0.238 e. The third-order valence-electron chi connectivity index (χ3n) is 3.98. The highest BCUT2D eigenvalue weighted by molar-refractivity contribution is 7.89. The number of nitrogens with zero attached hydrogens (tertiary/aromatic N) is 1. The number of ether oxygens (including phenoxy) is 1. The minimum atomic E-state index is -3.78. The number of primary sulfonamides is 1. The van der Waals surface area contributed by atoms with E-state index in [4.69, 9.17) is 14.4 Å². The van der Waals surface area contributed by atoms with Crippen molar-refractivity contribution in [3.05, 3.63) is 54.0 Å². The molecule has 8 heteroatoms. The summed E-state index contributed by atoms with van der Waals surface area (Å²) in [4.78, 5) is 0.00722. The first-order valence-electron chi connectivity index (χ1n) is 7.80. The van der Waals surface area contributed by atoms with E-state index in [1.54, 1.807) is 18.2 Å². The largest absolute Gasteiger partial charge is 0.494 e. The van der Waals surface area contributed by atoms with E-state index >= 15 is 0 Å². The van der Waals surface area contributed by atoms with Crippen LogP contribution in [0.2, 0.25) is 0 Å².